The minimum Gasteiger partial charge on any atom is -0.389 e. The molecule has 0 amide bonds. The number of methoxy groups -OCH3 is 1. The van der Waals surface area contributed by atoms with E-state index in [2.05, 4.69) is 20.6 Å². The molecule has 90 valence electrons. The first-order chi connectivity index (χ1) is 7.65. The molecule has 1 aromatic heterocycles. The number of aryl methyl sites for hydroxylation is 1. The van der Waals surface area contributed by atoms with Crippen molar-refractivity contribution in [2.24, 2.45) is 0 Å². The number of rotatable bonds is 6. The normalized spacial score (nSPS) is 12.2. The summed E-state index contributed by atoms with van der Waals surface area (Å²) in [6.07, 6.45) is -0.543. The molecule has 16 heavy (non-hydrogen) atoms. The predicted octanol–water partition coefficient (Wildman–Crippen LogP) is 0.246. The fraction of sp³-hybridized carbons (Fsp3) is 0.600. The lowest BCUT2D eigenvalue weighted by molar-refractivity contribution is 0.0727. The van der Waals surface area contributed by atoms with Gasteiger partial charge in [-0.25, -0.2) is 9.97 Å². The molecule has 0 spiro atoms. The second kappa shape index (κ2) is 6.24. The van der Waals surface area contributed by atoms with Crippen LogP contribution in [0.4, 0.5) is 11.6 Å². The molecule has 1 aromatic rings. The van der Waals surface area contributed by atoms with E-state index in [4.69, 9.17) is 4.74 Å². The van der Waals surface area contributed by atoms with Crippen molar-refractivity contribution >= 4 is 11.6 Å². The van der Waals surface area contributed by atoms with E-state index < -0.39 is 6.10 Å². The summed E-state index contributed by atoms with van der Waals surface area (Å²) >= 11 is 0. The highest BCUT2D eigenvalue weighted by Crippen LogP contribution is 2.10. The van der Waals surface area contributed by atoms with Crippen molar-refractivity contribution in [3.8, 4) is 0 Å². The third-order valence-electron chi connectivity index (χ3n) is 1.97. The molecular weight excluding hydrogens is 208 g/mol. The fourth-order valence-electron chi connectivity index (χ4n) is 1.26. The summed E-state index contributed by atoms with van der Waals surface area (Å²) in [6, 6.07) is 1.78. The molecule has 6 nitrogen and oxygen atoms in total. The number of hydrogen-bond donors (Lipinski definition) is 3. The van der Waals surface area contributed by atoms with Gasteiger partial charge in [0, 0.05) is 26.8 Å². The van der Waals surface area contributed by atoms with Crippen LogP contribution in [-0.2, 0) is 4.74 Å². The highest BCUT2D eigenvalue weighted by molar-refractivity contribution is 5.47. The zero-order valence-corrected chi connectivity index (χ0v) is 9.82. The number of nitrogens with zero attached hydrogens (tertiary/aromatic N) is 2. The molecule has 1 unspecified atom stereocenters. The van der Waals surface area contributed by atoms with Gasteiger partial charge in [-0.1, -0.05) is 0 Å². The maximum absolute atomic E-state index is 9.46. The average molecular weight is 226 g/mol. The van der Waals surface area contributed by atoms with Gasteiger partial charge in [0.15, 0.2) is 0 Å². The van der Waals surface area contributed by atoms with E-state index in [9.17, 15) is 5.11 Å². The lowest BCUT2D eigenvalue weighted by atomic mass is 10.3. The minimum absolute atomic E-state index is 0.302. The summed E-state index contributed by atoms with van der Waals surface area (Å²) < 4.78 is 4.83. The molecule has 1 atom stereocenters. The number of ether oxygens (including phenoxy) is 1. The lowest BCUT2D eigenvalue weighted by Crippen LogP contribution is -2.24. The smallest absolute Gasteiger partial charge is 0.131 e. The van der Waals surface area contributed by atoms with Gasteiger partial charge in [-0.05, 0) is 6.92 Å². The minimum atomic E-state index is -0.543. The SMILES string of the molecule is CNc1cc(NCC(O)COC)nc(C)n1. The molecule has 0 radical (unpaired) electrons. The van der Waals surface area contributed by atoms with E-state index >= 15 is 0 Å². The van der Waals surface area contributed by atoms with Crippen molar-refractivity contribution in [3.05, 3.63) is 11.9 Å². The highest BCUT2D eigenvalue weighted by atomic mass is 16.5. The summed E-state index contributed by atoms with van der Waals surface area (Å²) in [5, 5.41) is 15.4. The molecule has 0 bridgehead atoms. The Balaban J connectivity index is 2.56. The first-order valence-electron chi connectivity index (χ1n) is 5.10. The summed E-state index contributed by atoms with van der Waals surface area (Å²) in [5.74, 6) is 2.11. The number of hydrogen-bond acceptors (Lipinski definition) is 6. The first-order valence-corrected chi connectivity index (χ1v) is 5.10. The van der Waals surface area contributed by atoms with Crippen LogP contribution in [0.25, 0.3) is 0 Å². The van der Waals surface area contributed by atoms with Gasteiger partial charge in [-0.3, -0.25) is 0 Å². The third kappa shape index (κ3) is 4.00. The summed E-state index contributed by atoms with van der Waals surface area (Å²) in [5.41, 5.74) is 0. The number of anilines is 2. The van der Waals surface area contributed by atoms with Crippen molar-refractivity contribution in [1.29, 1.82) is 0 Å². The second-order valence-electron chi connectivity index (χ2n) is 3.43. The summed E-state index contributed by atoms with van der Waals surface area (Å²) in [6.45, 7) is 2.51. The van der Waals surface area contributed by atoms with Crippen LogP contribution in [-0.4, -0.2) is 48.5 Å². The molecule has 6 heteroatoms. The molecule has 0 aromatic carbocycles. The van der Waals surface area contributed by atoms with Crippen LogP contribution in [0.1, 0.15) is 5.82 Å². The summed E-state index contributed by atoms with van der Waals surface area (Å²) in [7, 11) is 3.35. The van der Waals surface area contributed by atoms with E-state index in [1.54, 1.807) is 20.2 Å². The van der Waals surface area contributed by atoms with Crippen LogP contribution in [0.15, 0.2) is 6.07 Å². The van der Waals surface area contributed by atoms with E-state index in [0.717, 1.165) is 5.82 Å². The van der Waals surface area contributed by atoms with Gasteiger partial charge >= 0.3 is 0 Å². The maximum atomic E-state index is 9.46. The van der Waals surface area contributed by atoms with Crippen molar-refractivity contribution < 1.29 is 9.84 Å². The molecule has 0 saturated heterocycles. The van der Waals surface area contributed by atoms with Gasteiger partial charge in [0.1, 0.15) is 17.5 Å². The zero-order valence-electron chi connectivity index (χ0n) is 9.82. The van der Waals surface area contributed by atoms with Crippen molar-refractivity contribution in [3.63, 3.8) is 0 Å². The van der Waals surface area contributed by atoms with Gasteiger partial charge in [0.05, 0.1) is 12.7 Å². The van der Waals surface area contributed by atoms with Gasteiger partial charge in [-0.15, -0.1) is 0 Å². The van der Waals surface area contributed by atoms with Crippen molar-refractivity contribution in [1.82, 2.24) is 9.97 Å². The van der Waals surface area contributed by atoms with Crippen molar-refractivity contribution in [2.75, 3.05) is 37.9 Å². The molecular formula is C10H18N4O2. The average Bonchev–Trinajstić information content (AvgIpc) is 2.26. The molecule has 0 fully saturated rings. The Kier molecular flexibility index (Phi) is 4.94. The van der Waals surface area contributed by atoms with E-state index in [1.807, 2.05) is 6.92 Å². The standard InChI is InChI=1S/C10H18N4O2/c1-7-13-9(11-2)4-10(14-7)12-5-8(15)6-16-3/h4,8,15H,5-6H2,1-3H3,(H2,11,12,13,14). The lowest BCUT2D eigenvalue weighted by Gasteiger charge is -2.12. The van der Waals surface area contributed by atoms with E-state index in [0.29, 0.717) is 24.8 Å². The fourth-order valence-corrected chi connectivity index (χ4v) is 1.26. The van der Waals surface area contributed by atoms with Crippen LogP contribution in [0.2, 0.25) is 0 Å². The number of aliphatic hydroxyl groups excluding tert-OH is 1. The summed E-state index contributed by atoms with van der Waals surface area (Å²) in [4.78, 5) is 8.37. The van der Waals surface area contributed by atoms with Crippen LogP contribution < -0.4 is 10.6 Å². The van der Waals surface area contributed by atoms with Crippen LogP contribution >= 0.6 is 0 Å². The number of nitrogens with one attached hydrogen (secondary N) is 2. The molecule has 0 aliphatic heterocycles. The van der Waals surface area contributed by atoms with E-state index in [1.165, 1.54) is 0 Å². The quantitative estimate of drug-likeness (QED) is 0.645. The van der Waals surface area contributed by atoms with Crippen LogP contribution in [0, 0.1) is 6.92 Å². The Morgan fingerprint density at radius 1 is 1.44 bits per heavy atom. The number of aromatic nitrogens is 2. The second-order valence-corrected chi connectivity index (χ2v) is 3.43. The zero-order chi connectivity index (χ0) is 12.0. The Morgan fingerprint density at radius 3 is 2.75 bits per heavy atom. The van der Waals surface area contributed by atoms with Gasteiger partial charge < -0.3 is 20.5 Å². The Morgan fingerprint density at radius 2 is 2.12 bits per heavy atom. The topological polar surface area (TPSA) is 79.3 Å². The Labute approximate surface area is 95.1 Å². The number of aliphatic hydroxyl groups is 1. The maximum Gasteiger partial charge on any atom is 0.131 e. The van der Waals surface area contributed by atoms with Gasteiger partial charge in [0.2, 0.25) is 0 Å². The Hall–Kier alpha value is -1.40. The van der Waals surface area contributed by atoms with Crippen LogP contribution in [0.5, 0.6) is 0 Å². The van der Waals surface area contributed by atoms with Crippen LogP contribution in [0.3, 0.4) is 0 Å². The molecule has 1 rings (SSSR count). The Bertz CT molecular complexity index is 333. The third-order valence-corrected chi connectivity index (χ3v) is 1.97. The highest BCUT2D eigenvalue weighted by Gasteiger charge is 2.05. The van der Waals surface area contributed by atoms with Gasteiger partial charge in [0.25, 0.3) is 0 Å². The van der Waals surface area contributed by atoms with Gasteiger partial charge in [-0.2, -0.15) is 0 Å². The predicted molar refractivity (Wildman–Crippen MR) is 62.7 cm³/mol. The monoisotopic (exact) mass is 226 g/mol. The molecule has 1 heterocycles. The van der Waals surface area contributed by atoms with Crippen molar-refractivity contribution in [2.45, 2.75) is 13.0 Å². The molecule has 0 aliphatic rings. The van der Waals surface area contributed by atoms with E-state index in [-0.39, 0.29) is 0 Å². The largest absolute Gasteiger partial charge is 0.389 e. The first kappa shape index (κ1) is 12.7. The molecule has 0 saturated carbocycles. The molecule has 3 N–H and O–H groups in total. The molecule has 0 aliphatic carbocycles.